The van der Waals surface area contributed by atoms with Crippen LogP contribution in [0.3, 0.4) is 0 Å². The zero-order chi connectivity index (χ0) is 16.3. The maximum atomic E-state index is 12.2. The summed E-state index contributed by atoms with van der Waals surface area (Å²) in [6, 6.07) is 10.4. The van der Waals surface area contributed by atoms with E-state index in [1.54, 1.807) is 0 Å². The second-order valence-corrected chi connectivity index (χ2v) is 6.21. The molecule has 1 aliphatic rings. The highest BCUT2D eigenvalue weighted by Crippen LogP contribution is 2.22. The second kappa shape index (κ2) is 10.3. The fourth-order valence-electron chi connectivity index (χ4n) is 2.92. The van der Waals surface area contributed by atoms with E-state index in [-0.39, 0.29) is 11.8 Å². The van der Waals surface area contributed by atoms with Gasteiger partial charge in [0, 0.05) is 44.5 Å². The summed E-state index contributed by atoms with van der Waals surface area (Å²) in [5, 5.41) is 3.06. The molecule has 23 heavy (non-hydrogen) atoms. The Morgan fingerprint density at radius 3 is 2.57 bits per heavy atom. The Kier molecular flexibility index (Phi) is 7.95. The van der Waals surface area contributed by atoms with Crippen molar-refractivity contribution in [3.63, 3.8) is 0 Å². The van der Waals surface area contributed by atoms with Crippen LogP contribution in [0.4, 0.5) is 5.69 Å². The van der Waals surface area contributed by atoms with Crippen LogP contribution in [-0.2, 0) is 9.53 Å². The topological polar surface area (TPSA) is 41.6 Å². The SMILES string of the molecule is CCCCOCCCNC(=O)C1CCN(c2ccccc2)CC1. The van der Waals surface area contributed by atoms with Gasteiger partial charge in [-0.1, -0.05) is 31.5 Å². The summed E-state index contributed by atoms with van der Waals surface area (Å²) in [5.41, 5.74) is 1.26. The first-order valence-corrected chi connectivity index (χ1v) is 8.96. The Balaban J connectivity index is 1.58. The number of unbranched alkanes of at least 4 members (excludes halogenated alkanes) is 1. The number of carbonyl (C=O) groups is 1. The van der Waals surface area contributed by atoms with Crippen LogP contribution >= 0.6 is 0 Å². The van der Waals surface area contributed by atoms with Crippen LogP contribution < -0.4 is 10.2 Å². The number of hydrogen-bond donors (Lipinski definition) is 1. The molecule has 1 heterocycles. The highest BCUT2D eigenvalue weighted by molar-refractivity contribution is 5.78. The summed E-state index contributed by atoms with van der Waals surface area (Å²) in [6.45, 7) is 6.39. The van der Waals surface area contributed by atoms with E-state index in [0.29, 0.717) is 0 Å². The van der Waals surface area contributed by atoms with Gasteiger partial charge in [0.2, 0.25) is 5.91 Å². The average Bonchev–Trinajstić information content (AvgIpc) is 2.61. The smallest absolute Gasteiger partial charge is 0.223 e. The number of nitrogens with zero attached hydrogens (tertiary/aromatic N) is 1. The largest absolute Gasteiger partial charge is 0.381 e. The monoisotopic (exact) mass is 318 g/mol. The van der Waals surface area contributed by atoms with E-state index < -0.39 is 0 Å². The van der Waals surface area contributed by atoms with Crippen molar-refractivity contribution in [3.05, 3.63) is 30.3 Å². The molecule has 0 aliphatic carbocycles. The van der Waals surface area contributed by atoms with Crippen molar-refractivity contribution >= 4 is 11.6 Å². The number of para-hydroxylation sites is 1. The van der Waals surface area contributed by atoms with E-state index in [4.69, 9.17) is 4.74 Å². The molecule has 1 aliphatic heterocycles. The van der Waals surface area contributed by atoms with E-state index in [1.165, 1.54) is 12.1 Å². The zero-order valence-electron chi connectivity index (χ0n) is 14.3. The van der Waals surface area contributed by atoms with Gasteiger partial charge in [0.1, 0.15) is 0 Å². The van der Waals surface area contributed by atoms with Gasteiger partial charge in [-0.25, -0.2) is 0 Å². The minimum atomic E-state index is 0.163. The highest BCUT2D eigenvalue weighted by atomic mass is 16.5. The predicted molar refractivity (Wildman–Crippen MR) is 94.7 cm³/mol. The lowest BCUT2D eigenvalue weighted by atomic mass is 9.95. The number of hydrogen-bond acceptors (Lipinski definition) is 3. The fraction of sp³-hybridized carbons (Fsp3) is 0.632. The van der Waals surface area contributed by atoms with Crippen molar-refractivity contribution < 1.29 is 9.53 Å². The molecule has 2 rings (SSSR count). The zero-order valence-corrected chi connectivity index (χ0v) is 14.3. The van der Waals surface area contributed by atoms with Gasteiger partial charge >= 0.3 is 0 Å². The molecular weight excluding hydrogens is 288 g/mol. The number of ether oxygens (including phenoxy) is 1. The van der Waals surface area contributed by atoms with Gasteiger partial charge < -0.3 is 15.0 Å². The van der Waals surface area contributed by atoms with Crippen molar-refractivity contribution in [2.75, 3.05) is 37.7 Å². The van der Waals surface area contributed by atoms with Crippen molar-refractivity contribution in [3.8, 4) is 0 Å². The molecule has 1 aromatic rings. The number of rotatable bonds is 9. The summed E-state index contributed by atoms with van der Waals surface area (Å²) < 4.78 is 5.51. The molecule has 1 N–H and O–H groups in total. The fourth-order valence-corrected chi connectivity index (χ4v) is 2.92. The van der Waals surface area contributed by atoms with E-state index in [2.05, 4.69) is 41.4 Å². The van der Waals surface area contributed by atoms with Gasteiger partial charge in [-0.3, -0.25) is 4.79 Å². The first-order chi connectivity index (χ1) is 11.3. The quantitative estimate of drug-likeness (QED) is 0.711. The molecule has 0 atom stereocenters. The second-order valence-electron chi connectivity index (χ2n) is 6.21. The van der Waals surface area contributed by atoms with Crippen LogP contribution in [0.15, 0.2) is 30.3 Å². The summed E-state index contributed by atoms with van der Waals surface area (Å²) in [5.74, 6) is 0.377. The van der Waals surface area contributed by atoms with Gasteiger partial charge in [-0.05, 0) is 37.8 Å². The van der Waals surface area contributed by atoms with Gasteiger partial charge in [-0.15, -0.1) is 0 Å². The first-order valence-electron chi connectivity index (χ1n) is 8.96. The lowest BCUT2D eigenvalue weighted by Crippen LogP contribution is -2.40. The van der Waals surface area contributed by atoms with E-state index in [0.717, 1.165) is 58.5 Å². The third-order valence-electron chi connectivity index (χ3n) is 4.39. The van der Waals surface area contributed by atoms with Crippen molar-refractivity contribution in [2.45, 2.75) is 39.0 Å². The lowest BCUT2D eigenvalue weighted by molar-refractivity contribution is -0.125. The van der Waals surface area contributed by atoms with Gasteiger partial charge in [0.25, 0.3) is 0 Å². The number of piperidine rings is 1. The van der Waals surface area contributed by atoms with E-state index >= 15 is 0 Å². The Morgan fingerprint density at radius 2 is 1.87 bits per heavy atom. The first kappa shape index (κ1) is 17.8. The number of anilines is 1. The highest BCUT2D eigenvalue weighted by Gasteiger charge is 2.24. The van der Waals surface area contributed by atoms with Crippen LogP contribution in [0.1, 0.15) is 39.0 Å². The molecule has 128 valence electrons. The minimum absolute atomic E-state index is 0.163. The molecule has 1 aromatic carbocycles. The van der Waals surface area contributed by atoms with Crippen molar-refractivity contribution in [1.29, 1.82) is 0 Å². The number of carbonyl (C=O) groups excluding carboxylic acids is 1. The van der Waals surface area contributed by atoms with E-state index in [9.17, 15) is 4.79 Å². The summed E-state index contributed by atoms with van der Waals surface area (Å²) in [7, 11) is 0. The third-order valence-corrected chi connectivity index (χ3v) is 4.39. The van der Waals surface area contributed by atoms with Gasteiger partial charge in [0.05, 0.1) is 0 Å². The standard InChI is InChI=1S/C19H30N2O2/c1-2-3-15-23-16-7-12-20-19(22)17-10-13-21(14-11-17)18-8-5-4-6-9-18/h4-6,8-9,17H,2-3,7,10-16H2,1H3,(H,20,22). The molecule has 0 spiro atoms. The molecule has 4 heteroatoms. The molecule has 0 aromatic heterocycles. The van der Waals surface area contributed by atoms with Crippen molar-refractivity contribution in [2.24, 2.45) is 5.92 Å². The molecule has 0 unspecified atom stereocenters. The Labute approximate surface area is 140 Å². The van der Waals surface area contributed by atoms with Crippen LogP contribution in [-0.4, -0.2) is 38.8 Å². The van der Waals surface area contributed by atoms with Crippen LogP contribution in [0.2, 0.25) is 0 Å². The van der Waals surface area contributed by atoms with Crippen LogP contribution in [0, 0.1) is 5.92 Å². The molecule has 0 radical (unpaired) electrons. The molecule has 1 fully saturated rings. The van der Waals surface area contributed by atoms with Gasteiger partial charge in [0.15, 0.2) is 0 Å². The average molecular weight is 318 g/mol. The lowest BCUT2D eigenvalue weighted by Gasteiger charge is -2.33. The Bertz CT molecular complexity index is 442. The van der Waals surface area contributed by atoms with Crippen molar-refractivity contribution in [1.82, 2.24) is 5.32 Å². The number of benzene rings is 1. The molecule has 1 saturated heterocycles. The number of nitrogens with one attached hydrogen (secondary N) is 1. The molecule has 0 bridgehead atoms. The molecular formula is C19H30N2O2. The maximum absolute atomic E-state index is 12.2. The molecule has 1 amide bonds. The normalized spacial score (nSPS) is 15.6. The maximum Gasteiger partial charge on any atom is 0.223 e. The Morgan fingerprint density at radius 1 is 1.17 bits per heavy atom. The molecule has 4 nitrogen and oxygen atoms in total. The van der Waals surface area contributed by atoms with Crippen LogP contribution in [0.25, 0.3) is 0 Å². The number of amides is 1. The summed E-state index contributed by atoms with van der Waals surface area (Å²) in [4.78, 5) is 14.6. The van der Waals surface area contributed by atoms with Crippen LogP contribution in [0.5, 0.6) is 0 Å². The Hall–Kier alpha value is -1.55. The predicted octanol–water partition coefficient (Wildman–Crippen LogP) is 3.23. The summed E-state index contributed by atoms with van der Waals surface area (Å²) in [6.07, 6.45) is 5.06. The molecule has 0 saturated carbocycles. The van der Waals surface area contributed by atoms with Gasteiger partial charge in [-0.2, -0.15) is 0 Å². The van der Waals surface area contributed by atoms with E-state index in [1.807, 2.05) is 6.07 Å². The minimum Gasteiger partial charge on any atom is -0.381 e. The summed E-state index contributed by atoms with van der Waals surface area (Å²) >= 11 is 0. The third kappa shape index (κ3) is 6.22.